The highest BCUT2D eigenvalue weighted by molar-refractivity contribution is 6.66. The molecular weight excluding hydrogens is 270 g/mol. The molecule has 0 aromatic rings. The second-order valence-electron chi connectivity index (χ2n) is 5.69. The maximum atomic E-state index is 6.02. The van der Waals surface area contributed by atoms with Crippen LogP contribution >= 0.6 is 0 Å². The third-order valence-corrected chi connectivity index (χ3v) is 5.63. The minimum absolute atomic E-state index is 0.775. The van der Waals surface area contributed by atoms with Crippen molar-refractivity contribution in [3.8, 4) is 0 Å². The van der Waals surface area contributed by atoms with Crippen LogP contribution in [-0.2, 0) is 8.85 Å². The highest BCUT2D eigenvalue weighted by Crippen LogP contribution is 2.15. The third kappa shape index (κ3) is 16.1. The van der Waals surface area contributed by atoms with Gasteiger partial charge < -0.3 is 24.0 Å². The van der Waals surface area contributed by atoms with Gasteiger partial charge in [-0.15, -0.1) is 0 Å². The predicted octanol–water partition coefficient (Wildman–Crippen LogP) is 1.46. The highest BCUT2D eigenvalue weighted by atomic mass is 28.4. The standard InChI is InChI=1S/C12H30N2O2Si.C2H7N/c1-7-12-17(6,15-10-8-13(2)3)16-11-9-14(4)5;1-3-2/h7-12H2,1-6H3;3H,1-2H3. The first kappa shape index (κ1) is 22.3. The van der Waals surface area contributed by atoms with Crippen LogP contribution in [0.15, 0.2) is 0 Å². The van der Waals surface area contributed by atoms with Crippen LogP contribution in [-0.4, -0.2) is 87.0 Å². The summed E-state index contributed by atoms with van der Waals surface area (Å²) in [4.78, 5) is 4.28. The summed E-state index contributed by atoms with van der Waals surface area (Å²) in [6.07, 6.45) is 1.13. The lowest BCUT2D eigenvalue weighted by molar-refractivity contribution is 0.149. The smallest absolute Gasteiger partial charge is 0.335 e. The molecule has 0 saturated carbocycles. The summed E-state index contributed by atoms with van der Waals surface area (Å²) < 4.78 is 12.0. The number of nitrogens with one attached hydrogen (secondary N) is 1. The van der Waals surface area contributed by atoms with Crippen molar-refractivity contribution in [2.45, 2.75) is 25.9 Å². The molecule has 5 nitrogen and oxygen atoms in total. The van der Waals surface area contributed by atoms with E-state index < -0.39 is 8.56 Å². The molecule has 6 heteroatoms. The molecule has 0 fully saturated rings. The molecular formula is C14H37N3O2Si. The Morgan fingerprint density at radius 2 is 1.25 bits per heavy atom. The molecule has 0 aliphatic carbocycles. The molecule has 0 heterocycles. The minimum Gasteiger partial charge on any atom is -0.393 e. The lowest BCUT2D eigenvalue weighted by Gasteiger charge is -2.28. The molecule has 0 radical (unpaired) electrons. The molecule has 0 aromatic heterocycles. The van der Waals surface area contributed by atoms with Crippen molar-refractivity contribution in [1.82, 2.24) is 15.1 Å². The third-order valence-electron chi connectivity index (χ3n) is 2.60. The van der Waals surface area contributed by atoms with E-state index in [1.165, 1.54) is 0 Å². The van der Waals surface area contributed by atoms with Crippen LogP contribution in [0.25, 0.3) is 0 Å². The number of nitrogens with zero attached hydrogens (tertiary/aromatic N) is 2. The fourth-order valence-electron chi connectivity index (χ4n) is 1.53. The van der Waals surface area contributed by atoms with Crippen molar-refractivity contribution >= 4 is 8.56 Å². The summed E-state index contributed by atoms with van der Waals surface area (Å²) in [5.41, 5.74) is 0. The normalized spacial score (nSPS) is 11.7. The van der Waals surface area contributed by atoms with Crippen LogP contribution in [0.3, 0.4) is 0 Å². The zero-order valence-corrected chi connectivity index (χ0v) is 16.0. The zero-order valence-electron chi connectivity index (χ0n) is 15.0. The van der Waals surface area contributed by atoms with E-state index in [1.807, 2.05) is 14.1 Å². The van der Waals surface area contributed by atoms with Crippen molar-refractivity contribution < 1.29 is 8.85 Å². The highest BCUT2D eigenvalue weighted by Gasteiger charge is 2.30. The van der Waals surface area contributed by atoms with Gasteiger partial charge in [0, 0.05) is 26.3 Å². The largest absolute Gasteiger partial charge is 0.393 e. The average Bonchev–Trinajstić information content (AvgIpc) is 2.29. The summed E-state index contributed by atoms with van der Waals surface area (Å²) >= 11 is 0. The van der Waals surface area contributed by atoms with Gasteiger partial charge in [-0.3, -0.25) is 0 Å². The van der Waals surface area contributed by atoms with Crippen LogP contribution < -0.4 is 5.32 Å². The Bertz CT molecular complexity index is 191. The van der Waals surface area contributed by atoms with E-state index in [2.05, 4.69) is 56.8 Å². The Hall–Kier alpha value is 0.0169. The molecule has 0 unspecified atom stereocenters. The molecule has 0 aliphatic rings. The van der Waals surface area contributed by atoms with Gasteiger partial charge in [0.2, 0.25) is 0 Å². The second-order valence-corrected chi connectivity index (χ2v) is 9.03. The molecule has 0 spiro atoms. The van der Waals surface area contributed by atoms with Crippen molar-refractivity contribution in [3.63, 3.8) is 0 Å². The summed E-state index contributed by atoms with van der Waals surface area (Å²) in [5.74, 6) is 0. The Morgan fingerprint density at radius 3 is 1.50 bits per heavy atom. The van der Waals surface area contributed by atoms with Gasteiger partial charge in [-0.05, 0) is 54.9 Å². The average molecular weight is 308 g/mol. The Kier molecular flexibility index (Phi) is 15.6. The predicted molar refractivity (Wildman–Crippen MR) is 90.7 cm³/mol. The number of rotatable bonds is 10. The van der Waals surface area contributed by atoms with Gasteiger partial charge in [0.15, 0.2) is 0 Å². The topological polar surface area (TPSA) is 37.0 Å². The van der Waals surface area contributed by atoms with Gasteiger partial charge in [0.25, 0.3) is 0 Å². The van der Waals surface area contributed by atoms with E-state index in [9.17, 15) is 0 Å². The fourth-order valence-corrected chi connectivity index (χ4v) is 3.85. The Morgan fingerprint density at radius 1 is 0.900 bits per heavy atom. The van der Waals surface area contributed by atoms with Gasteiger partial charge in [0.1, 0.15) is 0 Å². The van der Waals surface area contributed by atoms with Gasteiger partial charge in [-0.1, -0.05) is 13.3 Å². The molecule has 0 amide bonds. The SMILES string of the molecule is CCC[Si](C)(OCCN(C)C)OCCN(C)C.CNC. The van der Waals surface area contributed by atoms with Crippen LogP contribution in [0.4, 0.5) is 0 Å². The van der Waals surface area contributed by atoms with Gasteiger partial charge in [-0.25, -0.2) is 0 Å². The molecule has 0 rings (SSSR count). The van der Waals surface area contributed by atoms with E-state index in [1.54, 1.807) is 0 Å². The van der Waals surface area contributed by atoms with Crippen molar-refractivity contribution in [3.05, 3.63) is 0 Å². The number of hydrogen-bond acceptors (Lipinski definition) is 5. The van der Waals surface area contributed by atoms with Crippen molar-refractivity contribution in [1.29, 1.82) is 0 Å². The summed E-state index contributed by atoms with van der Waals surface area (Å²) in [6, 6.07) is 1.08. The van der Waals surface area contributed by atoms with E-state index in [0.29, 0.717) is 0 Å². The molecule has 0 aliphatic heterocycles. The van der Waals surface area contributed by atoms with E-state index in [0.717, 1.165) is 38.8 Å². The van der Waals surface area contributed by atoms with E-state index >= 15 is 0 Å². The Labute approximate surface area is 127 Å². The summed E-state index contributed by atoms with van der Waals surface area (Å²) in [6.45, 7) is 7.85. The zero-order chi connectivity index (χ0) is 16.0. The van der Waals surface area contributed by atoms with Gasteiger partial charge >= 0.3 is 8.56 Å². The fraction of sp³-hybridized carbons (Fsp3) is 1.00. The van der Waals surface area contributed by atoms with Crippen molar-refractivity contribution in [2.75, 3.05) is 68.6 Å². The first-order valence-electron chi connectivity index (χ1n) is 7.47. The molecule has 1 N–H and O–H groups in total. The van der Waals surface area contributed by atoms with Crippen LogP contribution in [0, 0.1) is 0 Å². The molecule has 20 heavy (non-hydrogen) atoms. The van der Waals surface area contributed by atoms with Crippen LogP contribution in [0.5, 0.6) is 0 Å². The maximum Gasteiger partial charge on any atom is 0.335 e. The first-order chi connectivity index (χ1) is 9.31. The van der Waals surface area contributed by atoms with E-state index in [4.69, 9.17) is 8.85 Å². The molecule has 0 saturated heterocycles. The number of hydrogen-bond donors (Lipinski definition) is 1. The monoisotopic (exact) mass is 307 g/mol. The van der Waals surface area contributed by atoms with Crippen molar-refractivity contribution in [2.24, 2.45) is 0 Å². The van der Waals surface area contributed by atoms with Gasteiger partial charge in [-0.2, -0.15) is 0 Å². The molecule has 0 bridgehead atoms. The van der Waals surface area contributed by atoms with Gasteiger partial charge in [0.05, 0.1) is 0 Å². The first-order valence-corrected chi connectivity index (χ1v) is 9.99. The molecule has 124 valence electrons. The minimum atomic E-state index is -1.94. The quantitative estimate of drug-likeness (QED) is 0.619. The summed E-state index contributed by atoms with van der Waals surface area (Å²) in [5, 5.41) is 2.75. The van der Waals surface area contributed by atoms with Crippen LogP contribution in [0.2, 0.25) is 12.6 Å². The maximum absolute atomic E-state index is 6.02. The lowest BCUT2D eigenvalue weighted by atomic mass is 10.6. The lowest BCUT2D eigenvalue weighted by Crippen LogP contribution is -2.41. The van der Waals surface area contributed by atoms with Crippen LogP contribution in [0.1, 0.15) is 13.3 Å². The Balaban J connectivity index is 0. The summed E-state index contributed by atoms with van der Waals surface area (Å²) in [7, 11) is 10.1. The second kappa shape index (κ2) is 14.0. The molecule has 0 aromatic carbocycles. The molecule has 0 atom stereocenters. The number of likely N-dealkylation sites (N-methyl/N-ethyl adjacent to an activating group) is 2. The van der Waals surface area contributed by atoms with E-state index in [-0.39, 0.29) is 0 Å².